The molecule has 0 unspecified atom stereocenters. The average Bonchev–Trinajstić information content (AvgIpc) is 2.79. The smallest absolute Gasteiger partial charge is 0.293 e. The fraction of sp³-hybridized carbons (Fsp3) is 0.250. The van der Waals surface area contributed by atoms with Gasteiger partial charge in [0, 0.05) is 0 Å². The van der Waals surface area contributed by atoms with E-state index in [1.54, 1.807) is 6.92 Å². The third-order valence-electron chi connectivity index (χ3n) is 2.08. The zero-order valence-corrected chi connectivity index (χ0v) is 8.83. The van der Waals surface area contributed by atoms with Crippen molar-refractivity contribution in [3.8, 4) is 0 Å². The van der Waals surface area contributed by atoms with E-state index in [9.17, 15) is 4.79 Å². The summed E-state index contributed by atoms with van der Waals surface area (Å²) in [5.41, 5.74) is 7.42. The molecule has 0 atom stereocenters. The molecule has 8 heteroatoms. The second kappa shape index (κ2) is 3.65. The molecule has 2 heterocycles. The first-order valence-electron chi connectivity index (χ1n) is 4.58. The number of nitrogen functional groups attached to an aromatic ring is 1. The molecule has 2 aromatic rings. The van der Waals surface area contributed by atoms with Gasteiger partial charge in [-0.3, -0.25) is 15.0 Å². The predicted octanol–water partition coefficient (Wildman–Crippen LogP) is -0.0209. The van der Waals surface area contributed by atoms with Crippen molar-refractivity contribution in [2.45, 2.75) is 13.8 Å². The van der Waals surface area contributed by atoms with E-state index in [0.29, 0.717) is 11.4 Å². The van der Waals surface area contributed by atoms with Crippen LogP contribution in [0.3, 0.4) is 0 Å². The molecule has 0 aliphatic heterocycles. The highest BCUT2D eigenvalue weighted by atomic mass is 16.2. The second-order valence-corrected chi connectivity index (χ2v) is 3.31. The first-order chi connectivity index (χ1) is 7.58. The van der Waals surface area contributed by atoms with Gasteiger partial charge in [0.25, 0.3) is 5.91 Å². The second-order valence-electron chi connectivity index (χ2n) is 3.31. The van der Waals surface area contributed by atoms with Gasteiger partial charge in [0.2, 0.25) is 11.8 Å². The third kappa shape index (κ3) is 1.72. The van der Waals surface area contributed by atoms with Crippen molar-refractivity contribution in [3.05, 3.63) is 17.2 Å². The molecule has 8 nitrogen and oxygen atoms in total. The van der Waals surface area contributed by atoms with Crippen molar-refractivity contribution in [2.75, 3.05) is 11.1 Å². The molecule has 2 rings (SSSR count). The normalized spacial score (nSPS) is 10.4. The van der Waals surface area contributed by atoms with Gasteiger partial charge in [0.1, 0.15) is 0 Å². The van der Waals surface area contributed by atoms with Gasteiger partial charge in [-0.05, 0) is 13.8 Å². The number of carbonyl (C=O) groups is 1. The maximum atomic E-state index is 11.7. The molecule has 0 fully saturated rings. The van der Waals surface area contributed by atoms with E-state index in [1.807, 2.05) is 6.92 Å². The Hall–Kier alpha value is -2.38. The minimum Gasteiger partial charge on any atom is -0.366 e. The summed E-state index contributed by atoms with van der Waals surface area (Å²) in [6, 6.07) is 0. The lowest BCUT2D eigenvalue weighted by atomic mass is 10.3. The van der Waals surface area contributed by atoms with Crippen LogP contribution in [0.1, 0.15) is 22.0 Å². The van der Waals surface area contributed by atoms with Gasteiger partial charge in [-0.2, -0.15) is 10.1 Å². The molecule has 0 aliphatic rings. The SMILES string of the molecule is Cc1n[nH]c(C)c1NC(=O)c1nc(N)n[nH]1. The Kier molecular flexibility index (Phi) is 2.31. The summed E-state index contributed by atoms with van der Waals surface area (Å²) in [6.07, 6.45) is 0. The Morgan fingerprint density at radius 1 is 1.31 bits per heavy atom. The van der Waals surface area contributed by atoms with E-state index < -0.39 is 5.91 Å². The Balaban J connectivity index is 2.20. The lowest BCUT2D eigenvalue weighted by Gasteiger charge is -2.01. The number of nitrogens with zero attached hydrogens (tertiary/aromatic N) is 3. The van der Waals surface area contributed by atoms with Crippen LogP contribution in [0.25, 0.3) is 0 Å². The number of anilines is 2. The van der Waals surface area contributed by atoms with Crippen molar-refractivity contribution < 1.29 is 4.79 Å². The topological polar surface area (TPSA) is 125 Å². The van der Waals surface area contributed by atoms with Crippen LogP contribution in [0.2, 0.25) is 0 Å². The number of H-pyrrole nitrogens is 2. The number of hydrogen-bond donors (Lipinski definition) is 4. The van der Waals surface area contributed by atoms with Crippen molar-refractivity contribution in [2.24, 2.45) is 0 Å². The summed E-state index contributed by atoms with van der Waals surface area (Å²) >= 11 is 0. The summed E-state index contributed by atoms with van der Waals surface area (Å²) in [6.45, 7) is 3.60. The van der Waals surface area contributed by atoms with Crippen molar-refractivity contribution >= 4 is 17.5 Å². The standard InChI is InChI=1S/C8H11N7O/c1-3-5(4(2)13-12-3)10-7(16)6-11-8(9)15-14-6/h1-2H3,(H,10,16)(H,12,13)(H3,9,11,14,15). The molecule has 2 aromatic heterocycles. The summed E-state index contributed by atoms with van der Waals surface area (Å²) in [7, 11) is 0. The van der Waals surface area contributed by atoms with Crippen molar-refractivity contribution in [1.29, 1.82) is 0 Å². The third-order valence-corrected chi connectivity index (χ3v) is 2.08. The molecule has 16 heavy (non-hydrogen) atoms. The number of aryl methyl sites for hydroxylation is 2. The average molecular weight is 221 g/mol. The van der Waals surface area contributed by atoms with Gasteiger partial charge < -0.3 is 11.1 Å². The molecular formula is C8H11N7O. The number of nitrogens with two attached hydrogens (primary N) is 1. The van der Waals surface area contributed by atoms with Crippen LogP contribution >= 0.6 is 0 Å². The predicted molar refractivity (Wildman–Crippen MR) is 56.8 cm³/mol. The summed E-state index contributed by atoms with van der Waals surface area (Å²) in [4.78, 5) is 15.4. The van der Waals surface area contributed by atoms with Gasteiger partial charge in [-0.25, -0.2) is 0 Å². The van der Waals surface area contributed by atoms with Crippen LogP contribution in [0.5, 0.6) is 0 Å². The van der Waals surface area contributed by atoms with Crippen molar-refractivity contribution in [1.82, 2.24) is 25.4 Å². The molecule has 84 valence electrons. The van der Waals surface area contributed by atoms with Crippen LogP contribution in [-0.2, 0) is 0 Å². The molecule has 0 saturated carbocycles. The van der Waals surface area contributed by atoms with E-state index in [4.69, 9.17) is 5.73 Å². The molecule has 0 bridgehead atoms. The Bertz CT molecular complexity index is 507. The summed E-state index contributed by atoms with van der Waals surface area (Å²) < 4.78 is 0. The largest absolute Gasteiger partial charge is 0.366 e. The zero-order chi connectivity index (χ0) is 11.7. The van der Waals surface area contributed by atoms with Crippen LogP contribution in [0.4, 0.5) is 11.6 Å². The molecule has 0 aliphatic carbocycles. The van der Waals surface area contributed by atoms with E-state index in [1.165, 1.54) is 0 Å². The minimum absolute atomic E-state index is 0.0331. The minimum atomic E-state index is -0.406. The van der Waals surface area contributed by atoms with Crippen LogP contribution in [0, 0.1) is 13.8 Å². The van der Waals surface area contributed by atoms with Crippen LogP contribution in [0.15, 0.2) is 0 Å². The van der Waals surface area contributed by atoms with Gasteiger partial charge in [-0.1, -0.05) is 0 Å². The molecule has 0 spiro atoms. The van der Waals surface area contributed by atoms with E-state index in [0.717, 1.165) is 5.69 Å². The summed E-state index contributed by atoms with van der Waals surface area (Å²) in [5, 5.41) is 15.4. The highest BCUT2D eigenvalue weighted by molar-refractivity contribution is 6.02. The number of aromatic nitrogens is 5. The first kappa shape index (κ1) is 10.1. The van der Waals surface area contributed by atoms with E-state index >= 15 is 0 Å². The molecule has 1 amide bonds. The van der Waals surface area contributed by atoms with Crippen LogP contribution < -0.4 is 11.1 Å². The highest BCUT2D eigenvalue weighted by Gasteiger charge is 2.14. The van der Waals surface area contributed by atoms with Gasteiger partial charge in [0.15, 0.2) is 0 Å². The number of aromatic amines is 2. The quantitative estimate of drug-likeness (QED) is 0.567. The fourth-order valence-corrected chi connectivity index (χ4v) is 1.28. The number of nitrogens with one attached hydrogen (secondary N) is 3. The lowest BCUT2D eigenvalue weighted by Crippen LogP contribution is -2.14. The number of amides is 1. The zero-order valence-electron chi connectivity index (χ0n) is 8.83. The van der Waals surface area contributed by atoms with Crippen molar-refractivity contribution in [3.63, 3.8) is 0 Å². The molecule has 0 saturated heterocycles. The number of rotatable bonds is 2. The molecule has 0 radical (unpaired) electrons. The van der Waals surface area contributed by atoms with Crippen LogP contribution in [-0.4, -0.2) is 31.3 Å². The first-order valence-corrected chi connectivity index (χ1v) is 4.58. The van der Waals surface area contributed by atoms with E-state index in [2.05, 4.69) is 30.7 Å². The molecule has 0 aromatic carbocycles. The monoisotopic (exact) mass is 221 g/mol. The maximum Gasteiger partial charge on any atom is 0.293 e. The van der Waals surface area contributed by atoms with Gasteiger partial charge in [-0.15, -0.1) is 5.10 Å². The molecular weight excluding hydrogens is 210 g/mol. The Morgan fingerprint density at radius 2 is 2.06 bits per heavy atom. The Morgan fingerprint density at radius 3 is 2.56 bits per heavy atom. The van der Waals surface area contributed by atoms with Gasteiger partial charge >= 0.3 is 0 Å². The summed E-state index contributed by atoms with van der Waals surface area (Å²) in [5.74, 6) is -0.305. The fourth-order valence-electron chi connectivity index (χ4n) is 1.28. The lowest BCUT2D eigenvalue weighted by molar-refractivity contribution is 0.101. The van der Waals surface area contributed by atoms with E-state index in [-0.39, 0.29) is 11.8 Å². The highest BCUT2D eigenvalue weighted by Crippen LogP contribution is 2.16. The Labute approximate surface area is 90.6 Å². The molecule has 5 N–H and O–H groups in total. The number of hydrogen-bond acceptors (Lipinski definition) is 5. The maximum absolute atomic E-state index is 11.7. The van der Waals surface area contributed by atoms with Gasteiger partial charge in [0.05, 0.1) is 17.1 Å². The number of carbonyl (C=O) groups excluding carboxylic acids is 1.